The van der Waals surface area contributed by atoms with Crippen molar-refractivity contribution >= 4 is 17.0 Å². The Bertz CT molecular complexity index is 503. The van der Waals surface area contributed by atoms with Gasteiger partial charge < -0.3 is 4.57 Å². The zero-order chi connectivity index (χ0) is 8.84. The molecule has 1 heterocycles. The third kappa shape index (κ3) is 0.765. The minimum Gasteiger partial charge on any atom is -0.344 e. The van der Waals surface area contributed by atoms with Gasteiger partial charge in [0.05, 0.1) is 0 Å². The molecule has 0 spiro atoms. The van der Waals surface area contributed by atoms with Gasteiger partial charge in [0.1, 0.15) is 0 Å². The minimum absolute atomic E-state index is 1.09. The number of hydrogen-bond acceptors (Lipinski definition) is 0. The van der Waals surface area contributed by atoms with Gasteiger partial charge in [-0.05, 0) is 24.1 Å². The van der Waals surface area contributed by atoms with Gasteiger partial charge in [-0.1, -0.05) is 24.3 Å². The van der Waals surface area contributed by atoms with E-state index in [0.717, 1.165) is 6.42 Å². The van der Waals surface area contributed by atoms with Crippen LogP contribution in [0.4, 0.5) is 0 Å². The van der Waals surface area contributed by atoms with Crippen molar-refractivity contribution in [2.75, 3.05) is 0 Å². The maximum absolute atomic E-state index is 2.27. The molecule has 0 bridgehead atoms. The lowest BCUT2D eigenvalue weighted by Crippen LogP contribution is -1.88. The molecule has 1 aromatic carbocycles. The van der Waals surface area contributed by atoms with E-state index in [1.54, 1.807) is 0 Å². The van der Waals surface area contributed by atoms with E-state index in [0.29, 0.717) is 0 Å². The summed E-state index contributed by atoms with van der Waals surface area (Å²) < 4.78 is 2.27. The van der Waals surface area contributed by atoms with Crippen LogP contribution in [0.2, 0.25) is 0 Å². The second-order valence-corrected chi connectivity index (χ2v) is 3.55. The van der Waals surface area contributed by atoms with Crippen molar-refractivity contribution in [2.45, 2.75) is 6.42 Å². The maximum atomic E-state index is 2.27. The molecule has 0 unspecified atom stereocenters. The fraction of sp³-hybridized carbons (Fsp3) is 0.167. The highest BCUT2D eigenvalue weighted by molar-refractivity contribution is 5.89. The molecule has 1 nitrogen and oxygen atoms in total. The van der Waals surface area contributed by atoms with Gasteiger partial charge in [0.15, 0.2) is 0 Å². The molecule has 0 radical (unpaired) electrons. The molecule has 0 saturated carbocycles. The van der Waals surface area contributed by atoms with Crippen molar-refractivity contribution in [3.8, 4) is 0 Å². The van der Waals surface area contributed by atoms with Crippen molar-refractivity contribution in [1.82, 2.24) is 4.57 Å². The van der Waals surface area contributed by atoms with E-state index in [-0.39, 0.29) is 0 Å². The zero-order valence-electron chi connectivity index (χ0n) is 7.62. The Morgan fingerprint density at radius 3 is 3.00 bits per heavy atom. The topological polar surface area (TPSA) is 4.93 Å². The first-order valence-corrected chi connectivity index (χ1v) is 4.61. The summed E-state index contributed by atoms with van der Waals surface area (Å²) >= 11 is 0. The number of fused-ring (bicyclic) bond motifs is 3. The molecule has 1 aliphatic carbocycles. The smallest absolute Gasteiger partial charge is 0.0485 e. The number of aryl methyl sites for hydroxylation is 1. The molecule has 1 aliphatic rings. The Morgan fingerprint density at radius 1 is 1.23 bits per heavy atom. The molecular formula is C12H11N. The number of aromatic nitrogens is 1. The predicted octanol–water partition coefficient (Wildman–Crippen LogP) is 2.75. The summed E-state index contributed by atoms with van der Waals surface area (Å²) in [5.74, 6) is 0. The largest absolute Gasteiger partial charge is 0.344 e. The molecule has 13 heavy (non-hydrogen) atoms. The van der Waals surface area contributed by atoms with E-state index in [1.807, 2.05) is 0 Å². The molecule has 1 heteroatoms. The van der Waals surface area contributed by atoms with Gasteiger partial charge in [0, 0.05) is 23.6 Å². The number of allylic oxidation sites excluding steroid dienone is 1. The third-order valence-corrected chi connectivity index (χ3v) is 2.86. The first kappa shape index (κ1) is 6.96. The zero-order valence-corrected chi connectivity index (χ0v) is 7.62. The second kappa shape index (κ2) is 2.25. The highest BCUT2D eigenvalue weighted by Gasteiger charge is 2.14. The van der Waals surface area contributed by atoms with Crippen LogP contribution in [0.15, 0.2) is 30.3 Å². The van der Waals surface area contributed by atoms with Gasteiger partial charge in [-0.25, -0.2) is 0 Å². The van der Waals surface area contributed by atoms with Crippen LogP contribution in [0.5, 0.6) is 0 Å². The van der Waals surface area contributed by atoms with Crippen LogP contribution in [-0.4, -0.2) is 4.57 Å². The van der Waals surface area contributed by atoms with E-state index in [9.17, 15) is 0 Å². The van der Waals surface area contributed by atoms with Crippen LogP contribution in [-0.2, 0) is 13.5 Å². The highest BCUT2D eigenvalue weighted by Crippen LogP contribution is 2.30. The standard InChI is InChI=1S/C12H11N/c1-13-11-7-3-2-5-9(11)10-6-4-8-12(10)13/h2-5,7-8H,6H2,1H3. The van der Waals surface area contributed by atoms with E-state index in [4.69, 9.17) is 0 Å². The Hall–Kier alpha value is -1.50. The lowest BCUT2D eigenvalue weighted by atomic mass is 10.1. The van der Waals surface area contributed by atoms with Gasteiger partial charge in [-0.15, -0.1) is 0 Å². The Kier molecular flexibility index (Phi) is 1.21. The number of rotatable bonds is 0. The molecule has 2 aromatic rings. The molecular weight excluding hydrogens is 158 g/mol. The molecule has 1 aromatic heterocycles. The van der Waals surface area contributed by atoms with Crippen LogP contribution in [0.25, 0.3) is 17.0 Å². The van der Waals surface area contributed by atoms with E-state index < -0.39 is 0 Å². The normalized spacial score (nSPS) is 13.9. The highest BCUT2D eigenvalue weighted by atomic mass is 14.9. The number of benzene rings is 1. The predicted molar refractivity (Wildman–Crippen MR) is 55.7 cm³/mol. The minimum atomic E-state index is 1.09. The van der Waals surface area contributed by atoms with Crippen molar-refractivity contribution in [3.63, 3.8) is 0 Å². The summed E-state index contributed by atoms with van der Waals surface area (Å²) in [6.07, 6.45) is 5.54. The number of para-hydroxylation sites is 1. The first-order valence-electron chi connectivity index (χ1n) is 4.61. The summed E-state index contributed by atoms with van der Waals surface area (Å²) in [6.45, 7) is 0. The van der Waals surface area contributed by atoms with Gasteiger partial charge in [0.2, 0.25) is 0 Å². The van der Waals surface area contributed by atoms with Crippen LogP contribution in [0, 0.1) is 0 Å². The van der Waals surface area contributed by atoms with Crippen LogP contribution < -0.4 is 0 Å². The SMILES string of the molecule is Cn1c2c(c3ccccc31)CC=C2. The van der Waals surface area contributed by atoms with Gasteiger partial charge in [-0.3, -0.25) is 0 Å². The average Bonchev–Trinajstić information content (AvgIpc) is 2.72. The fourth-order valence-corrected chi connectivity index (χ4v) is 2.21. The van der Waals surface area contributed by atoms with Crippen molar-refractivity contribution in [1.29, 1.82) is 0 Å². The molecule has 0 atom stereocenters. The Labute approximate surface area is 77.3 Å². The Morgan fingerprint density at radius 2 is 2.08 bits per heavy atom. The first-order chi connectivity index (χ1) is 6.38. The summed E-state index contributed by atoms with van der Waals surface area (Å²) in [7, 11) is 2.14. The molecule has 64 valence electrons. The summed E-state index contributed by atoms with van der Waals surface area (Å²) in [4.78, 5) is 0. The van der Waals surface area contributed by atoms with Crippen LogP contribution in [0.3, 0.4) is 0 Å². The van der Waals surface area contributed by atoms with Crippen LogP contribution >= 0.6 is 0 Å². The van der Waals surface area contributed by atoms with E-state index >= 15 is 0 Å². The average molecular weight is 169 g/mol. The monoisotopic (exact) mass is 169 g/mol. The second-order valence-electron chi connectivity index (χ2n) is 3.55. The molecule has 0 fully saturated rings. The van der Waals surface area contributed by atoms with Crippen molar-refractivity contribution in [3.05, 3.63) is 41.6 Å². The molecule has 0 N–H and O–H groups in total. The summed E-state index contributed by atoms with van der Waals surface area (Å²) in [5, 5.41) is 1.41. The Balaban J connectivity index is 2.54. The van der Waals surface area contributed by atoms with Crippen molar-refractivity contribution in [2.24, 2.45) is 7.05 Å². The maximum Gasteiger partial charge on any atom is 0.0485 e. The fourth-order valence-electron chi connectivity index (χ4n) is 2.21. The van der Waals surface area contributed by atoms with Gasteiger partial charge in [0.25, 0.3) is 0 Å². The van der Waals surface area contributed by atoms with Crippen LogP contribution in [0.1, 0.15) is 11.3 Å². The lowest BCUT2D eigenvalue weighted by Gasteiger charge is -1.97. The molecule has 3 rings (SSSR count). The molecule has 0 amide bonds. The van der Waals surface area contributed by atoms with Crippen molar-refractivity contribution < 1.29 is 0 Å². The summed E-state index contributed by atoms with van der Waals surface area (Å²) in [6, 6.07) is 8.60. The van der Waals surface area contributed by atoms with E-state index in [2.05, 4.69) is 48.0 Å². The van der Waals surface area contributed by atoms with Gasteiger partial charge in [-0.2, -0.15) is 0 Å². The molecule has 0 saturated heterocycles. The third-order valence-electron chi connectivity index (χ3n) is 2.86. The quantitative estimate of drug-likeness (QED) is 0.571. The van der Waals surface area contributed by atoms with Gasteiger partial charge >= 0.3 is 0 Å². The number of hydrogen-bond donors (Lipinski definition) is 0. The lowest BCUT2D eigenvalue weighted by molar-refractivity contribution is 0.951. The number of nitrogens with zero attached hydrogens (tertiary/aromatic N) is 1. The molecule has 0 aliphatic heterocycles. The van der Waals surface area contributed by atoms with E-state index in [1.165, 1.54) is 22.2 Å². The summed E-state index contributed by atoms with van der Waals surface area (Å²) in [5.41, 5.74) is 4.20.